The summed E-state index contributed by atoms with van der Waals surface area (Å²) in [5, 5.41) is 8.62. The highest BCUT2D eigenvalue weighted by atomic mass is 16.1. The largest absolute Gasteiger partial charge is 0.285 e. The van der Waals surface area contributed by atoms with Crippen LogP contribution in [0.1, 0.15) is 13.8 Å². The van der Waals surface area contributed by atoms with E-state index in [9.17, 15) is 4.79 Å². The first-order valence-corrected chi connectivity index (χ1v) is 5.81. The van der Waals surface area contributed by atoms with Crippen LogP contribution in [0, 0.1) is 0 Å². The molecule has 0 aliphatic rings. The van der Waals surface area contributed by atoms with Crippen LogP contribution in [0.15, 0.2) is 29.1 Å². The van der Waals surface area contributed by atoms with E-state index < -0.39 is 0 Å². The number of fused-ring (bicyclic) bond motifs is 1. The van der Waals surface area contributed by atoms with E-state index in [1.807, 2.05) is 12.1 Å². The van der Waals surface area contributed by atoms with Crippen molar-refractivity contribution in [3.8, 4) is 0 Å². The predicted octanol–water partition coefficient (Wildman–Crippen LogP) is 1.09. The van der Waals surface area contributed by atoms with Crippen LogP contribution >= 0.6 is 0 Å². The van der Waals surface area contributed by atoms with Gasteiger partial charge in [-0.1, -0.05) is 31.2 Å². The highest BCUT2D eigenvalue weighted by molar-refractivity contribution is 5.76. The molecule has 0 bridgehead atoms. The van der Waals surface area contributed by atoms with Gasteiger partial charge in [0.25, 0.3) is 5.56 Å². The second-order valence-corrected chi connectivity index (χ2v) is 3.86. The maximum Gasteiger partial charge on any atom is 0.278 e. The number of hydrogen-bond donors (Lipinski definition) is 0. The van der Waals surface area contributed by atoms with Crippen LogP contribution in [0.5, 0.6) is 0 Å². The summed E-state index contributed by atoms with van der Waals surface area (Å²) in [5.41, 5.74) is 0.566. The lowest BCUT2D eigenvalue weighted by Gasteiger charge is -2.17. The monoisotopic (exact) mass is 232 g/mol. The van der Waals surface area contributed by atoms with Gasteiger partial charge in [0.1, 0.15) is 5.52 Å². The van der Waals surface area contributed by atoms with Crippen LogP contribution in [0.25, 0.3) is 10.9 Å². The molecular formula is C12H16N4O. The number of aromatic nitrogens is 3. The summed E-state index contributed by atoms with van der Waals surface area (Å²) < 4.78 is 1.41. The maximum absolute atomic E-state index is 12.1. The summed E-state index contributed by atoms with van der Waals surface area (Å²) >= 11 is 0. The molecule has 0 N–H and O–H groups in total. The molecule has 2 aromatic rings. The Labute approximate surface area is 99.7 Å². The van der Waals surface area contributed by atoms with Gasteiger partial charge < -0.3 is 0 Å². The maximum atomic E-state index is 12.1. The van der Waals surface area contributed by atoms with Gasteiger partial charge in [-0.3, -0.25) is 9.69 Å². The minimum atomic E-state index is -0.0810. The van der Waals surface area contributed by atoms with Gasteiger partial charge in [0.2, 0.25) is 0 Å². The highest BCUT2D eigenvalue weighted by Crippen LogP contribution is 2.03. The van der Waals surface area contributed by atoms with Crippen molar-refractivity contribution in [1.29, 1.82) is 0 Å². The van der Waals surface area contributed by atoms with Crippen LogP contribution < -0.4 is 5.56 Å². The summed E-state index contributed by atoms with van der Waals surface area (Å²) in [5.74, 6) is 0. The fraction of sp³-hybridized carbons (Fsp3) is 0.417. The first-order chi connectivity index (χ1) is 8.26. The van der Waals surface area contributed by atoms with E-state index >= 15 is 0 Å². The van der Waals surface area contributed by atoms with Gasteiger partial charge in [-0.15, -0.1) is 5.10 Å². The van der Waals surface area contributed by atoms with E-state index in [-0.39, 0.29) is 5.56 Å². The second kappa shape index (κ2) is 5.05. The number of rotatable bonds is 4. The number of nitrogens with zero attached hydrogens (tertiary/aromatic N) is 4. The molecule has 1 heterocycles. The molecule has 0 atom stereocenters. The summed E-state index contributed by atoms with van der Waals surface area (Å²) in [6.45, 7) is 6.38. The van der Waals surface area contributed by atoms with Crippen molar-refractivity contribution in [3.63, 3.8) is 0 Å². The van der Waals surface area contributed by atoms with Gasteiger partial charge in [-0.25, -0.2) is 0 Å². The smallest absolute Gasteiger partial charge is 0.278 e. The Morgan fingerprint density at radius 2 is 1.94 bits per heavy atom. The van der Waals surface area contributed by atoms with E-state index in [1.54, 1.807) is 12.1 Å². The van der Waals surface area contributed by atoms with Crippen molar-refractivity contribution >= 4 is 10.9 Å². The Bertz CT molecular complexity index is 560. The van der Waals surface area contributed by atoms with Crippen LogP contribution in [0.3, 0.4) is 0 Å². The van der Waals surface area contributed by atoms with E-state index in [0.29, 0.717) is 17.6 Å². The standard InChI is InChI=1S/C12H16N4O/c1-3-15(4-2)9-16-12(17)10-7-5-6-8-11(10)13-14-16/h5-8H,3-4,9H2,1-2H3. The van der Waals surface area contributed by atoms with Gasteiger partial charge in [-0.05, 0) is 25.2 Å². The van der Waals surface area contributed by atoms with Gasteiger partial charge >= 0.3 is 0 Å². The zero-order valence-corrected chi connectivity index (χ0v) is 10.1. The summed E-state index contributed by atoms with van der Waals surface area (Å²) in [6, 6.07) is 7.27. The molecule has 5 heteroatoms. The third-order valence-corrected chi connectivity index (χ3v) is 2.86. The van der Waals surface area contributed by atoms with E-state index in [0.717, 1.165) is 13.1 Å². The Balaban J connectivity index is 2.42. The Hall–Kier alpha value is -1.75. The third kappa shape index (κ3) is 2.34. The molecule has 5 nitrogen and oxygen atoms in total. The SMILES string of the molecule is CCN(CC)Cn1nnc2ccccc2c1=O. The van der Waals surface area contributed by atoms with E-state index in [2.05, 4.69) is 29.1 Å². The highest BCUT2D eigenvalue weighted by Gasteiger charge is 2.07. The molecule has 0 saturated heterocycles. The molecule has 1 aromatic heterocycles. The molecule has 90 valence electrons. The molecule has 0 saturated carbocycles. The van der Waals surface area contributed by atoms with Crippen molar-refractivity contribution in [2.45, 2.75) is 20.5 Å². The van der Waals surface area contributed by atoms with Crippen LogP contribution in [-0.4, -0.2) is 33.0 Å². The molecule has 0 aliphatic carbocycles. The van der Waals surface area contributed by atoms with Crippen LogP contribution in [0.4, 0.5) is 0 Å². The molecule has 2 rings (SSSR count). The van der Waals surface area contributed by atoms with Crippen molar-refractivity contribution < 1.29 is 0 Å². The molecule has 17 heavy (non-hydrogen) atoms. The third-order valence-electron chi connectivity index (χ3n) is 2.86. The van der Waals surface area contributed by atoms with Crippen molar-refractivity contribution in [1.82, 2.24) is 19.9 Å². The zero-order valence-electron chi connectivity index (χ0n) is 10.1. The molecule has 0 fully saturated rings. The summed E-state index contributed by atoms with van der Waals surface area (Å²) in [6.07, 6.45) is 0. The van der Waals surface area contributed by atoms with Crippen LogP contribution in [-0.2, 0) is 6.67 Å². The number of hydrogen-bond acceptors (Lipinski definition) is 4. The van der Waals surface area contributed by atoms with E-state index in [1.165, 1.54) is 4.68 Å². The minimum absolute atomic E-state index is 0.0810. The fourth-order valence-corrected chi connectivity index (χ4v) is 1.73. The van der Waals surface area contributed by atoms with Gasteiger partial charge in [-0.2, -0.15) is 4.68 Å². The zero-order chi connectivity index (χ0) is 12.3. The van der Waals surface area contributed by atoms with Gasteiger partial charge in [0.05, 0.1) is 12.1 Å². The Kier molecular flexibility index (Phi) is 3.49. The molecule has 0 amide bonds. The summed E-state index contributed by atoms with van der Waals surface area (Å²) in [4.78, 5) is 14.2. The Morgan fingerprint density at radius 3 is 2.65 bits per heavy atom. The normalized spacial score (nSPS) is 11.2. The predicted molar refractivity (Wildman–Crippen MR) is 66.7 cm³/mol. The second-order valence-electron chi connectivity index (χ2n) is 3.86. The first-order valence-electron chi connectivity index (χ1n) is 5.81. The summed E-state index contributed by atoms with van der Waals surface area (Å²) in [7, 11) is 0. The lowest BCUT2D eigenvalue weighted by molar-refractivity contribution is 0.220. The molecule has 0 aliphatic heterocycles. The molecule has 0 spiro atoms. The van der Waals surface area contributed by atoms with Crippen molar-refractivity contribution in [2.75, 3.05) is 13.1 Å². The topological polar surface area (TPSA) is 51.0 Å². The quantitative estimate of drug-likeness (QED) is 0.792. The lowest BCUT2D eigenvalue weighted by Crippen LogP contribution is -2.34. The van der Waals surface area contributed by atoms with E-state index in [4.69, 9.17) is 0 Å². The first kappa shape index (κ1) is 11.7. The lowest BCUT2D eigenvalue weighted by atomic mass is 10.2. The molecule has 1 aromatic carbocycles. The van der Waals surface area contributed by atoms with Crippen LogP contribution in [0.2, 0.25) is 0 Å². The Morgan fingerprint density at radius 1 is 1.24 bits per heavy atom. The molecule has 0 unspecified atom stereocenters. The average molecular weight is 232 g/mol. The minimum Gasteiger partial charge on any atom is -0.285 e. The number of benzene rings is 1. The van der Waals surface area contributed by atoms with Crippen molar-refractivity contribution in [2.24, 2.45) is 0 Å². The average Bonchev–Trinajstić information content (AvgIpc) is 2.38. The van der Waals surface area contributed by atoms with Gasteiger partial charge in [0.15, 0.2) is 0 Å². The van der Waals surface area contributed by atoms with Gasteiger partial charge in [0, 0.05) is 0 Å². The molecule has 0 radical (unpaired) electrons. The molecular weight excluding hydrogens is 216 g/mol. The van der Waals surface area contributed by atoms with Crippen molar-refractivity contribution in [3.05, 3.63) is 34.6 Å². The fourth-order valence-electron chi connectivity index (χ4n) is 1.73.